The molecule has 6 aromatic rings. The molecule has 0 aliphatic rings. The van der Waals surface area contributed by atoms with Crippen molar-refractivity contribution in [3.05, 3.63) is 180 Å². The van der Waals surface area contributed by atoms with Crippen molar-refractivity contribution >= 4 is 0 Å². The van der Waals surface area contributed by atoms with Crippen molar-refractivity contribution in [2.24, 2.45) is 0 Å². The van der Waals surface area contributed by atoms with Gasteiger partial charge in [0.05, 0.1) is 11.4 Å². The van der Waals surface area contributed by atoms with Gasteiger partial charge in [-0.3, -0.25) is 39.7 Å². The quantitative estimate of drug-likeness (QED) is 0.0984. The van der Waals surface area contributed by atoms with E-state index in [2.05, 4.69) is 115 Å². The van der Waals surface area contributed by atoms with E-state index >= 15 is 0 Å². The Balaban J connectivity index is 1.06. The molecule has 8 heteroatoms. The smallest absolute Gasteiger partial charge is 0.0547 e. The van der Waals surface area contributed by atoms with Crippen LogP contribution in [-0.4, -0.2) is 65.9 Å². The minimum Gasteiger partial charge on any atom is -0.297 e. The van der Waals surface area contributed by atoms with Crippen LogP contribution in [0.15, 0.2) is 134 Å². The molecule has 0 atom stereocenters. The number of hydrogen-bond donors (Lipinski definition) is 0. The molecule has 0 aliphatic carbocycles. The normalized spacial score (nSPS) is 11.3. The molecule has 6 heterocycles. The zero-order valence-electron chi connectivity index (χ0n) is 28.8. The zero-order chi connectivity index (χ0) is 34.1. The maximum Gasteiger partial charge on any atom is 0.0547 e. The van der Waals surface area contributed by atoms with Crippen molar-refractivity contribution < 1.29 is 0 Å². The van der Waals surface area contributed by atoms with Crippen molar-refractivity contribution in [2.45, 2.75) is 51.6 Å². The molecule has 50 heavy (non-hydrogen) atoms. The molecule has 0 unspecified atom stereocenters. The van der Waals surface area contributed by atoms with Crippen LogP contribution >= 0.6 is 0 Å². The highest BCUT2D eigenvalue weighted by molar-refractivity contribution is 5.16. The highest BCUT2D eigenvalue weighted by Gasteiger charge is 2.12. The minimum absolute atomic E-state index is 0.786. The number of aromatic nitrogens is 6. The van der Waals surface area contributed by atoms with E-state index in [4.69, 9.17) is 9.97 Å². The lowest BCUT2D eigenvalue weighted by molar-refractivity contribution is 0.267. The van der Waals surface area contributed by atoms with Gasteiger partial charge in [-0.15, -0.1) is 0 Å². The van der Waals surface area contributed by atoms with Crippen LogP contribution in [-0.2, 0) is 51.6 Å². The molecular formula is C42H46N8. The fraction of sp³-hybridized carbons (Fsp3) is 0.286. The van der Waals surface area contributed by atoms with Gasteiger partial charge in [-0.1, -0.05) is 36.4 Å². The van der Waals surface area contributed by atoms with Gasteiger partial charge in [0.25, 0.3) is 0 Å². The first-order chi connectivity index (χ1) is 24.7. The highest BCUT2D eigenvalue weighted by Crippen LogP contribution is 2.12. The van der Waals surface area contributed by atoms with Gasteiger partial charge in [-0.2, -0.15) is 0 Å². The summed E-state index contributed by atoms with van der Waals surface area (Å²) in [6.45, 7) is 5.21. The largest absolute Gasteiger partial charge is 0.297 e. The molecule has 0 fully saturated rings. The third-order valence-electron chi connectivity index (χ3n) is 8.78. The monoisotopic (exact) mass is 662 g/mol. The first kappa shape index (κ1) is 34.7. The average molecular weight is 663 g/mol. The molecule has 0 radical (unpaired) electrons. The van der Waals surface area contributed by atoms with Gasteiger partial charge in [0.1, 0.15) is 0 Å². The van der Waals surface area contributed by atoms with E-state index in [-0.39, 0.29) is 0 Å². The van der Waals surface area contributed by atoms with Gasteiger partial charge in [-0.25, -0.2) is 0 Å². The second kappa shape index (κ2) is 19.1. The summed E-state index contributed by atoms with van der Waals surface area (Å²) in [6.07, 6.45) is 12.7. The second-order valence-corrected chi connectivity index (χ2v) is 12.6. The number of rotatable bonds is 19. The Morgan fingerprint density at radius 3 is 0.900 bits per heavy atom. The minimum atomic E-state index is 0.786. The predicted molar refractivity (Wildman–Crippen MR) is 198 cm³/mol. The molecule has 0 saturated carbocycles. The van der Waals surface area contributed by atoms with Crippen molar-refractivity contribution in [1.82, 2.24) is 39.7 Å². The lowest BCUT2D eigenvalue weighted by Crippen LogP contribution is -2.29. The lowest BCUT2D eigenvalue weighted by Gasteiger charge is -2.22. The molecule has 254 valence electrons. The molecule has 0 aliphatic heterocycles. The van der Waals surface area contributed by atoms with Crippen LogP contribution in [0.2, 0.25) is 0 Å². The summed E-state index contributed by atoms with van der Waals surface area (Å²) in [6, 6.07) is 37.3. The van der Waals surface area contributed by atoms with Crippen LogP contribution in [0.4, 0.5) is 0 Å². The van der Waals surface area contributed by atoms with Crippen molar-refractivity contribution in [3.63, 3.8) is 0 Å². The number of nitrogens with zero attached hydrogens (tertiary/aromatic N) is 8. The summed E-state index contributed by atoms with van der Waals surface area (Å²) in [7, 11) is 0. The fourth-order valence-electron chi connectivity index (χ4n) is 6.04. The molecule has 0 spiro atoms. The van der Waals surface area contributed by atoms with Crippen LogP contribution in [0.25, 0.3) is 0 Å². The number of aryl methyl sites for hydroxylation is 2. The molecule has 0 amide bonds. The first-order valence-electron chi connectivity index (χ1n) is 17.7. The molecule has 0 N–H and O–H groups in total. The van der Waals surface area contributed by atoms with E-state index < -0.39 is 0 Å². The Hall–Kier alpha value is -5.18. The molecule has 0 aromatic carbocycles. The standard InChI is InChI=1S/C42H46N8/c1-5-25-43-35(11-1)21-29-49(30-22-36-12-2-6-26-44-36)33-41-17-9-15-39(47-41)19-20-40-16-10-18-42(48-40)34-50(31-23-37-13-3-7-27-45-37)32-24-38-14-4-8-28-46-38/h1-18,25-28H,19-24,29-34H2. The summed E-state index contributed by atoms with van der Waals surface area (Å²) in [5.41, 5.74) is 8.79. The Morgan fingerprint density at radius 2 is 0.600 bits per heavy atom. The maximum atomic E-state index is 5.09. The molecule has 0 bridgehead atoms. The van der Waals surface area contributed by atoms with Crippen LogP contribution in [0.1, 0.15) is 45.6 Å². The van der Waals surface area contributed by atoms with Gasteiger partial charge in [0, 0.05) is 124 Å². The third kappa shape index (κ3) is 11.8. The van der Waals surface area contributed by atoms with E-state index in [0.29, 0.717) is 0 Å². The summed E-state index contributed by atoms with van der Waals surface area (Å²) in [4.78, 5) is 33.3. The second-order valence-electron chi connectivity index (χ2n) is 12.6. The predicted octanol–water partition coefficient (Wildman–Crippen LogP) is 6.42. The van der Waals surface area contributed by atoms with E-state index in [0.717, 1.165) is 123 Å². The summed E-state index contributed by atoms with van der Waals surface area (Å²) in [5, 5.41) is 0. The van der Waals surface area contributed by atoms with E-state index in [9.17, 15) is 0 Å². The zero-order valence-corrected chi connectivity index (χ0v) is 28.8. The SMILES string of the molecule is c1ccc(CCN(CCc2ccccn2)Cc2cccc(CCc3cccc(CN(CCc4ccccn4)CCc4ccccn4)n3)n2)nc1. The average Bonchev–Trinajstić information content (AvgIpc) is 3.18. The van der Waals surface area contributed by atoms with E-state index in [1.165, 1.54) is 0 Å². The molecule has 0 saturated heterocycles. The van der Waals surface area contributed by atoms with Crippen LogP contribution in [0.5, 0.6) is 0 Å². The van der Waals surface area contributed by atoms with Gasteiger partial charge in [-0.05, 0) is 85.6 Å². The Morgan fingerprint density at radius 1 is 0.300 bits per heavy atom. The summed E-state index contributed by atoms with van der Waals surface area (Å²) in [5.74, 6) is 0. The van der Waals surface area contributed by atoms with E-state index in [1.54, 1.807) is 0 Å². The topological polar surface area (TPSA) is 83.8 Å². The van der Waals surface area contributed by atoms with Crippen LogP contribution < -0.4 is 0 Å². The highest BCUT2D eigenvalue weighted by atomic mass is 15.1. The summed E-state index contributed by atoms with van der Waals surface area (Å²) < 4.78 is 0. The van der Waals surface area contributed by atoms with Crippen molar-refractivity contribution in [2.75, 3.05) is 26.2 Å². The number of hydrogen-bond acceptors (Lipinski definition) is 8. The maximum absolute atomic E-state index is 5.09. The molecule has 6 aromatic heterocycles. The Bertz CT molecular complexity index is 1600. The van der Waals surface area contributed by atoms with Gasteiger partial charge in [0.2, 0.25) is 0 Å². The molecular weight excluding hydrogens is 617 g/mol. The van der Waals surface area contributed by atoms with Crippen molar-refractivity contribution in [3.8, 4) is 0 Å². The van der Waals surface area contributed by atoms with Crippen LogP contribution in [0, 0.1) is 0 Å². The molecule has 8 nitrogen and oxygen atoms in total. The fourth-order valence-corrected chi connectivity index (χ4v) is 6.04. The first-order valence-corrected chi connectivity index (χ1v) is 17.7. The van der Waals surface area contributed by atoms with E-state index in [1.807, 2.05) is 49.1 Å². The van der Waals surface area contributed by atoms with Gasteiger partial charge in [0.15, 0.2) is 0 Å². The lowest BCUT2D eigenvalue weighted by atomic mass is 10.1. The van der Waals surface area contributed by atoms with Crippen LogP contribution in [0.3, 0.4) is 0 Å². The molecule has 6 rings (SSSR count). The third-order valence-corrected chi connectivity index (χ3v) is 8.78. The summed E-state index contributed by atoms with van der Waals surface area (Å²) >= 11 is 0. The Kier molecular flexibility index (Phi) is 13.3. The number of pyridine rings is 6. The van der Waals surface area contributed by atoms with Gasteiger partial charge < -0.3 is 0 Å². The van der Waals surface area contributed by atoms with Crippen molar-refractivity contribution in [1.29, 1.82) is 0 Å². The van der Waals surface area contributed by atoms with Gasteiger partial charge >= 0.3 is 0 Å². The Labute approximate surface area is 296 Å².